The maximum absolute atomic E-state index is 11.7. The predicted molar refractivity (Wildman–Crippen MR) is 62.3 cm³/mol. The molecule has 0 amide bonds. The van der Waals surface area contributed by atoms with E-state index in [1.54, 1.807) is 0 Å². The van der Waals surface area contributed by atoms with Gasteiger partial charge < -0.3 is 10.8 Å². The first-order valence-corrected chi connectivity index (χ1v) is 6.49. The van der Waals surface area contributed by atoms with E-state index in [2.05, 4.69) is 4.72 Å². The molecule has 0 aliphatic heterocycles. The maximum Gasteiger partial charge on any atom is 0.335 e. The third kappa shape index (κ3) is 3.81. The van der Waals surface area contributed by atoms with E-state index < -0.39 is 16.0 Å². The molecule has 94 valence electrons. The van der Waals surface area contributed by atoms with Crippen molar-refractivity contribution in [1.29, 1.82) is 0 Å². The van der Waals surface area contributed by atoms with Crippen molar-refractivity contribution < 1.29 is 18.3 Å². The highest BCUT2D eigenvalue weighted by atomic mass is 32.2. The second-order valence-corrected chi connectivity index (χ2v) is 5.14. The zero-order valence-electron chi connectivity index (χ0n) is 9.09. The molecule has 0 unspecified atom stereocenters. The van der Waals surface area contributed by atoms with Gasteiger partial charge in [0, 0.05) is 6.54 Å². The lowest BCUT2D eigenvalue weighted by Crippen LogP contribution is -2.26. The molecule has 0 aliphatic rings. The topological polar surface area (TPSA) is 109 Å². The molecular weight excluding hydrogens is 244 g/mol. The van der Waals surface area contributed by atoms with Gasteiger partial charge in [-0.05, 0) is 37.2 Å². The van der Waals surface area contributed by atoms with Gasteiger partial charge in [-0.25, -0.2) is 17.9 Å². The molecule has 0 radical (unpaired) electrons. The van der Waals surface area contributed by atoms with Gasteiger partial charge in [0.15, 0.2) is 0 Å². The third-order valence-corrected chi connectivity index (χ3v) is 3.56. The second-order valence-electron chi connectivity index (χ2n) is 3.37. The number of carbonyl (C=O) groups is 1. The Bertz CT molecular complexity index is 482. The summed E-state index contributed by atoms with van der Waals surface area (Å²) in [6.45, 7) is 0.667. The number of hydrogen-bond donors (Lipinski definition) is 3. The Morgan fingerprint density at radius 2 is 1.88 bits per heavy atom. The first-order chi connectivity index (χ1) is 7.97. The van der Waals surface area contributed by atoms with E-state index >= 15 is 0 Å². The van der Waals surface area contributed by atoms with Gasteiger partial charge in [0.25, 0.3) is 0 Å². The number of nitrogens with two attached hydrogens (primary N) is 1. The molecule has 7 heteroatoms. The summed E-state index contributed by atoms with van der Waals surface area (Å²) in [4.78, 5) is 10.6. The van der Waals surface area contributed by atoms with Crippen LogP contribution in [0, 0.1) is 0 Å². The van der Waals surface area contributed by atoms with Crippen LogP contribution in [0.4, 0.5) is 0 Å². The Morgan fingerprint density at radius 1 is 1.29 bits per heavy atom. The fraction of sp³-hybridized carbons (Fsp3) is 0.300. The number of nitrogens with one attached hydrogen (secondary N) is 1. The fourth-order valence-corrected chi connectivity index (χ4v) is 2.24. The molecule has 6 nitrogen and oxygen atoms in total. The molecule has 1 rings (SSSR count). The van der Waals surface area contributed by atoms with Gasteiger partial charge in [-0.15, -0.1) is 0 Å². The minimum atomic E-state index is -3.57. The summed E-state index contributed by atoms with van der Waals surface area (Å²) in [5.41, 5.74) is 5.30. The standard InChI is InChI=1S/C10H14N2O4S/c11-6-1-7-12-17(15,16)9-4-2-8(3-5-9)10(13)14/h2-5,12H,1,6-7,11H2,(H,13,14). The first kappa shape index (κ1) is 13.6. The molecule has 0 atom stereocenters. The SMILES string of the molecule is NCCCNS(=O)(=O)c1ccc(C(=O)O)cc1. The van der Waals surface area contributed by atoms with E-state index in [-0.39, 0.29) is 17.0 Å². The monoisotopic (exact) mass is 258 g/mol. The summed E-state index contributed by atoms with van der Waals surface area (Å²) >= 11 is 0. The number of benzene rings is 1. The maximum atomic E-state index is 11.7. The highest BCUT2D eigenvalue weighted by molar-refractivity contribution is 7.89. The van der Waals surface area contributed by atoms with Crippen LogP contribution in [0.15, 0.2) is 29.2 Å². The fourth-order valence-electron chi connectivity index (χ4n) is 1.17. The summed E-state index contributed by atoms with van der Waals surface area (Å²) < 4.78 is 25.7. The molecule has 0 saturated heterocycles. The number of aromatic carboxylic acids is 1. The molecule has 0 saturated carbocycles. The average Bonchev–Trinajstić information content (AvgIpc) is 2.29. The van der Waals surface area contributed by atoms with Crippen LogP contribution in [-0.2, 0) is 10.0 Å². The minimum Gasteiger partial charge on any atom is -0.478 e. The van der Waals surface area contributed by atoms with Gasteiger partial charge in [0.1, 0.15) is 0 Å². The average molecular weight is 258 g/mol. The molecule has 0 spiro atoms. The molecule has 17 heavy (non-hydrogen) atoms. The highest BCUT2D eigenvalue weighted by Gasteiger charge is 2.13. The number of hydrogen-bond acceptors (Lipinski definition) is 4. The number of carboxylic acid groups (broad SMARTS) is 1. The van der Waals surface area contributed by atoms with Crippen molar-refractivity contribution in [3.05, 3.63) is 29.8 Å². The smallest absolute Gasteiger partial charge is 0.335 e. The summed E-state index contributed by atoms with van der Waals surface area (Å²) in [7, 11) is -3.57. The minimum absolute atomic E-state index is 0.0412. The van der Waals surface area contributed by atoms with E-state index in [4.69, 9.17) is 10.8 Å². The molecule has 0 aliphatic carbocycles. The summed E-state index contributed by atoms with van der Waals surface area (Å²) in [5, 5.41) is 8.67. The Labute approximate surface area is 99.5 Å². The van der Waals surface area contributed by atoms with Crippen LogP contribution >= 0.6 is 0 Å². The van der Waals surface area contributed by atoms with Gasteiger partial charge in [0.2, 0.25) is 10.0 Å². The van der Waals surface area contributed by atoms with Crippen LogP contribution in [-0.4, -0.2) is 32.6 Å². The Balaban J connectivity index is 2.81. The predicted octanol–water partition coefficient (Wildman–Crippen LogP) is 0.0119. The molecule has 1 aromatic carbocycles. The Kier molecular flexibility index (Phi) is 4.62. The lowest BCUT2D eigenvalue weighted by molar-refractivity contribution is 0.0697. The van der Waals surface area contributed by atoms with Crippen LogP contribution in [0.3, 0.4) is 0 Å². The number of rotatable bonds is 6. The van der Waals surface area contributed by atoms with E-state index in [0.29, 0.717) is 13.0 Å². The van der Waals surface area contributed by atoms with Crippen molar-refractivity contribution in [3.8, 4) is 0 Å². The van der Waals surface area contributed by atoms with Crippen molar-refractivity contribution >= 4 is 16.0 Å². The van der Waals surface area contributed by atoms with Crippen LogP contribution in [0.1, 0.15) is 16.8 Å². The Hall–Kier alpha value is -1.44. The van der Waals surface area contributed by atoms with Crippen LogP contribution in [0.5, 0.6) is 0 Å². The lowest BCUT2D eigenvalue weighted by atomic mass is 10.2. The first-order valence-electron chi connectivity index (χ1n) is 5.00. The summed E-state index contributed by atoms with van der Waals surface area (Å²) in [6.07, 6.45) is 0.548. The normalized spacial score (nSPS) is 11.4. The Morgan fingerprint density at radius 3 is 2.35 bits per heavy atom. The van der Waals surface area contributed by atoms with Gasteiger partial charge in [-0.1, -0.05) is 0 Å². The van der Waals surface area contributed by atoms with Crippen molar-refractivity contribution in [2.45, 2.75) is 11.3 Å². The van der Waals surface area contributed by atoms with Crippen molar-refractivity contribution in [3.63, 3.8) is 0 Å². The highest BCUT2D eigenvalue weighted by Crippen LogP contribution is 2.10. The molecule has 1 aromatic rings. The van der Waals surface area contributed by atoms with Crippen LogP contribution in [0.2, 0.25) is 0 Å². The van der Waals surface area contributed by atoms with Gasteiger partial charge in [0.05, 0.1) is 10.5 Å². The van der Waals surface area contributed by atoms with Crippen molar-refractivity contribution in [2.75, 3.05) is 13.1 Å². The van der Waals surface area contributed by atoms with E-state index in [0.717, 1.165) is 0 Å². The quantitative estimate of drug-likeness (QED) is 0.623. The number of sulfonamides is 1. The van der Waals surface area contributed by atoms with Crippen LogP contribution in [0.25, 0.3) is 0 Å². The van der Waals surface area contributed by atoms with E-state index in [9.17, 15) is 13.2 Å². The molecule has 4 N–H and O–H groups in total. The molecule has 0 fully saturated rings. The largest absolute Gasteiger partial charge is 0.478 e. The van der Waals surface area contributed by atoms with Crippen LogP contribution < -0.4 is 10.5 Å². The number of carboxylic acids is 1. The zero-order valence-corrected chi connectivity index (χ0v) is 9.90. The molecular formula is C10H14N2O4S. The second kappa shape index (κ2) is 5.76. The lowest BCUT2D eigenvalue weighted by Gasteiger charge is -2.06. The summed E-state index contributed by atoms with van der Waals surface area (Å²) in [6, 6.07) is 5.02. The van der Waals surface area contributed by atoms with E-state index in [1.807, 2.05) is 0 Å². The van der Waals surface area contributed by atoms with Gasteiger partial charge in [-0.3, -0.25) is 0 Å². The third-order valence-electron chi connectivity index (χ3n) is 2.08. The van der Waals surface area contributed by atoms with Crippen molar-refractivity contribution in [2.24, 2.45) is 5.73 Å². The molecule has 0 aromatic heterocycles. The summed E-state index contributed by atoms with van der Waals surface area (Å²) in [5.74, 6) is -1.09. The van der Waals surface area contributed by atoms with Gasteiger partial charge >= 0.3 is 5.97 Å². The zero-order chi connectivity index (χ0) is 12.9. The van der Waals surface area contributed by atoms with Crippen molar-refractivity contribution in [1.82, 2.24) is 4.72 Å². The van der Waals surface area contributed by atoms with E-state index in [1.165, 1.54) is 24.3 Å². The molecule has 0 heterocycles. The van der Waals surface area contributed by atoms with Gasteiger partial charge in [-0.2, -0.15) is 0 Å². The molecule has 0 bridgehead atoms.